The molecule has 1 N–H and O–H groups in total. The molecule has 2 fully saturated rings. The van der Waals surface area contributed by atoms with Crippen LogP contribution in [0.5, 0.6) is 0 Å². The van der Waals surface area contributed by atoms with Crippen molar-refractivity contribution in [3.8, 4) is 0 Å². The maximum absolute atomic E-state index is 12.4. The summed E-state index contributed by atoms with van der Waals surface area (Å²) in [6.45, 7) is 6.77. The van der Waals surface area contributed by atoms with Crippen molar-refractivity contribution in [1.29, 1.82) is 0 Å². The number of carbonyl (C=O) groups excluding carboxylic acids is 1. The maximum Gasteiger partial charge on any atom is 0.471 e. The molecule has 0 bridgehead atoms. The molecule has 22 heavy (non-hydrogen) atoms. The second kappa shape index (κ2) is 6.15. The van der Waals surface area contributed by atoms with E-state index >= 15 is 0 Å². The number of ether oxygens (including phenoxy) is 4. The maximum atomic E-state index is 12.4. The van der Waals surface area contributed by atoms with Gasteiger partial charge in [0.1, 0.15) is 12.2 Å². The highest BCUT2D eigenvalue weighted by Crippen LogP contribution is 2.36. The molecule has 0 saturated carbocycles. The Morgan fingerprint density at radius 1 is 1.41 bits per heavy atom. The minimum atomic E-state index is -4.97. The van der Waals surface area contributed by atoms with E-state index in [1.807, 2.05) is 5.32 Å². The molecule has 126 valence electrons. The third kappa shape index (κ3) is 3.78. The average Bonchev–Trinajstić information content (AvgIpc) is 2.72. The minimum Gasteiger partial charge on any atom is -0.348 e. The molecular formula is C13H18F3NO5. The molecule has 0 aromatic carbocycles. The predicted octanol–water partition coefficient (Wildman–Crippen LogP) is 1.11. The zero-order chi connectivity index (χ0) is 16.5. The van der Waals surface area contributed by atoms with E-state index in [0.29, 0.717) is 0 Å². The quantitative estimate of drug-likeness (QED) is 0.785. The Balaban J connectivity index is 2.09. The van der Waals surface area contributed by atoms with Crippen LogP contribution in [0.1, 0.15) is 13.8 Å². The number of fused-ring (bicyclic) bond motifs is 1. The van der Waals surface area contributed by atoms with Gasteiger partial charge in [-0.3, -0.25) is 4.79 Å². The molecule has 1 amide bonds. The van der Waals surface area contributed by atoms with Crippen molar-refractivity contribution in [2.45, 2.75) is 50.4 Å². The van der Waals surface area contributed by atoms with Crippen LogP contribution in [0.25, 0.3) is 0 Å². The summed E-state index contributed by atoms with van der Waals surface area (Å²) in [5.74, 6) is -3.06. The van der Waals surface area contributed by atoms with Crippen LogP contribution in [0.4, 0.5) is 13.2 Å². The van der Waals surface area contributed by atoms with Gasteiger partial charge in [0.15, 0.2) is 12.1 Å². The lowest BCUT2D eigenvalue weighted by molar-refractivity contribution is -0.231. The summed E-state index contributed by atoms with van der Waals surface area (Å²) in [7, 11) is 0. The largest absolute Gasteiger partial charge is 0.471 e. The summed E-state index contributed by atoms with van der Waals surface area (Å²) in [5, 5.41) is 1.88. The monoisotopic (exact) mass is 325 g/mol. The molecule has 0 aliphatic carbocycles. The molecule has 2 heterocycles. The molecule has 2 saturated heterocycles. The number of nitrogens with one attached hydrogen (secondary N) is 1. The normalized spacial score (nSPS) is 34.0. The number of halogens is 3. The molecule has 0 radical (unpaired) electrons. The average molecular weight is 325 g/mol. The van der Waals surface area contributed by atoms with E-state index in [1.165, 1.54) is 6.08 Å². The number of carbonyl (C=O) groups is 1. The summed E-state index contributed by atoms with van der Waals surface area (Å²) in [4.78, 5) is 11.1. The second-order valence-corrected chi connectivity index (χ2v) is 5.47. The van der Waals surface area contributed by atoms with E-state index in [2.05, 4.69) is 6.58 Å². The Morgan fingerprint density at radius 2 is 2.05 bits per heavy atom. The highest BCUT2D eigenvalue weighted by molar-refractivity contribution is 5.82. The standard InChI is InChI=1S/C13H18F3NO5/c1-4-5-19-10-9-8(21-12(2,3)22-9)7(6-20-10)17-11(18)13(14,15)16/h4,7-10H,1,5-6H2,2-3H3,(H,17,18)/t7-,8-,9-,10?/m0/s1. The third-order valence-corrected chi connectivity index (χ3v) is 3.22. The Morgan fingerprint density at radius 3 is 2.64 bits per heavy atom. The fraction of sp³-hybridized carbons (Fsp3) is 0.769. The van der Waals surface area contributed by atoms with E-state index in [1.54, 1.807) is 13.8 Å². The lowest BCUT2D eigenvalue weighted by Gasteiger charge is -2.36. The van der Waals surface area contributed by atoms with Crippen LogP contribution in [-0.4, -0.2) is 55.6 Å². The molecule has 1 unspecified atom stereocenters. The Kier molecular flexibility index (Phi) is 4.81. The topological polar surface area (TPSA) is 66.0 Å². The summed E-state index contributed by atoms with van der Waals surface area (Å²) < 4.78 is 59.1. The van der Waals surface area contributed by atoms with Crippen LogP contribution in [-0.2, 0) is 23.7 Å². The van der Waals surface area contributed by atoms with Gasteiger partial charge in [-0.15, -0.1) is 6.58 Å². The molecule has 0 aromatic heterocycles. The van der Waals surface area contributed by atoms with Crippen molar-refractivity contribution in [3.63, 3.8) is 0 Å². The van der Waals surface area contributed by atoms with Gasteiger partial charge in [0.2, 0.25) is 0 Å². The van der Waals surface area contributed by atoms with Crippen molar-refractivity contribution < 1.29 is 36.9 Å². The van der Waals surface area contributed by atoms with Crippen molar-refractivity contribution >= 4 is 5.91 Å². The number of hydrogen-bond acceptors (Lipinski definition) is 5. The summed E-state index contributed by atoms with van der Waals surface area (Å²) in [6, 6.07) is -0.982. The second-order valence-electron chi connectivity index (χ2n) is 5.47. The van der Waals surface area contributed by atoms with Crippen molar-refractivity contribution in [3.05, 3.63) is 12.7 Å². The SMILES string of the molecule is C=CCOC1OC[C@H](NC(=O)C(F)(F)F)[C@@H]2OC(C)(C)O[C@H]12. The van der Waals surface area contributed by atoms with Gasteiger partial charge in [-0.1, -0.05) is 6.08 Å². The van der Waals surface area contributed by atoms with Crippen LogP contribution in [0.2, 0.25) is 0 Å². The number of alkyl halides is 3. The molecule has 2 aliphatic heterocycles. The molecule has 4 atom stereocenters. The smallest absolute Gasteiger partial charge is 0.348 e. The summed E-state index contributed by atoms with van der Waals surface area (Å²) >= 11 is 0. The van der Waals surface area contributed by atoms with Crippen LogP contribution in [0.15, 0.2) is 12.7 Å². The Bertz CT molecular complexity index is 440. The number of amides is 1. The first kappa shape index (κ1) is 17.2. The van der Waals surface area contributed by atoms with Crippen LogP contribution in [0.3, 0.4) is 0 Å². The molecule has 9 heteroatoms. The Hall–Kier alpha value is -1.16. The number of hydrogen-bond donors (Lipinski definition) is 1. The van der Waals surface area contributed by atoms with Crippen molar-refractivity contribution in [1.82, 2.24) is 5.32 Å². The van der Waals surface area contributed by atoms with Gasteiger partial charge in [-0.2, -0.15) is 13.2 Å². The first-order valence-electron chi connectivity index (χ1n) is 6.71. The highest BCUT2D eigenvalue weighted by atomic mass is 19.4. The van der Waals surface area contributed by atoms with Gasteiger partial charge in [-0.05, 0) is 13.8 Å². The minimum absolute atomic E-state index is 0.176. The van der Waals surface area contributed by atoms with Gasteiger partial charge in [-0.25, -0.2) is 0 Å². The Labute approximate surface area is 125 Å². The van der Waals surface area contributed by atoms with Gasteiger partial charge >= 0.3 is 12.1 Å². The molecule has 6 nitrogen and oxygen atoms in total. The first-order chi connectivity index (χ1) is 10.1. The fourth-order valence-corrected chi connectivity index (χ4v) is 2.41. The van der Waals surface area contributed by atoms with Gasteiger partial charge < -0.3 is 24.3 Å². The van der Waals surface area contributed by atoms with E-state index in [9.17, 15) is 18.0 Å². The van der Waals surface area contributed by atoms with E-state index in [0.717, 1.165) is 0 Å². The lowest BCUT2D eigenvalue weighted by atomic mass is 10.0. The van der Waals surface area contributed by atoms with Crippen molar-refractivity contribution in [2.24, 2.45) is 0 Å². The fourth-order valence-electron chi connectivity index (χ4n) is 2.41. The summed E-state index contributed by atoms with van der Waals surface area (Å²) in [6.07, 6.45) is -5.81. The van der Waals surface area contributed by atoms with Gasteiger partial charge in [0, 0.05) is 0 Å². The predicted molar refractivity (Wildman–Crippen MR) is 67.7 cm³/mol. The third-order valence-electron chi connectivity index (χ3n) is 3.22. The van der Waals surface area contributed by atoms with E-state index in [-0.39, 0.29) is 13.2 Å². The first-order valence-corrected chi connectivity index (χ1v) is 6.71. The summed E-state index contributed by atoms with van der Waals surface area (Å²) in [5.41, 5.74) is 0. The van der Waals surface area contributed by atoms with Crippen LogP contribution >= 0.6 is 0 Å². The number of rotatable bonds is 4. The zero-order valence-electron chi connectivity index (χ0n) is 12.2. The molecule has 2 aliphatic rings. The highest BCUT2D eigenvalue weighted by Gasteiger charge is 2.54. The lowest BCUT2D eigenvalue weighted by Crippen LogP contribution is -2.60. The van der Waals surface area contributed by atoms with E-state index in [4.69, 9.17) is 18.9 Å². The molecule has 0 spiro atoms. The molecule has 2 rings (SSSR count). The molecule has 0 aromatic rings. The van der Waals surface area contributed by atoms with E-state index < -0.39 is 42.4 Å². The van der Waals surface area contributed by atoms with Crippen LogP contribution in [0, 0.1) is 0 Å². The van der Waals surface area contributed by atoms with Gasteiger partial charge in [0.05, 0.1) is 19.3 Å². The van der Waals surface area contributed by atoms with Gasteiger partial charge in [0.25, 0.3) is 0 Å². The van der Waals surface area contributed by atoms with Crippen LogP contribution < -0.4 is 5.32 Å². The molecular weight excluding hydrogens is 307 g/mol. The zero-order valence-corrected chi connectivity index (χ0v) is 12.2. The van der Waals surface area contributed by atoms with Crippen molar-refractivity contribution in [2.75, 3.05) is 13.2 Å².